The summed E-state index contributed by atoms with van der Waals surface area (Å²) < 4.78 is 0. The third-order valence-electron chi connectivity index (χ3n) is 5.69. The molecule has 1 saturated heterocycles. The molecule has 1 atom stereocenters. The van der Waals surface area contributed by atoms with E-state index in [0.29, 0.717) is 17.9 Å². The van der Waals surface area contributed by atoms with Gasteiger partial charge in [0.05, 0.1) is 0 Å². The largest absolute Gasteiger partial charge is 0.480 e. The number of hydrogen-bond donors (Lipinski definition) is 2. The second kappa shape index (κ2) is 6.25. The van der Waals surface area contributed by atoms with Crippen molar-refractivity contribution in [1.29, 1.82) is 0 Å². The van der Waals surface area contributed by atoms with Crippen molar-refractivity contribution in [3.8, 4) is 0 Å². The second-order valence-electron chi connectivity index (χ2n) is 7.52. The highest BCUT2D eigenvalue weighted by atomic mass is 16.4. The molecule has 2 fully saturated rings. The number of nitrogens with zero attached hydrogens (tertiary/aromatic N) is 1. The lowest BCUT2D eigenvalue weighted by atomic mass is 9.82. The molecule has 0 aromatic heterocycles. The summed E-state index contributed by atoms with van der Waals surface area (Å²) in [6, 6.07) is 0.200. The first-order valence-corrected chi connectivity index (χ1v) is 8.61. The molecule has 0 aromatic carbocycles. The molecule has 1 aliphatic carbocycles. The highest BCUT2D eigenvalue weighted by Crippen LogP contribution is 2.43. The van der Waals surface area contributed by atoms with Gasteiger partial charge in [-0.15, -0.1) is 0 Å². The average molecular weight is 296 g/mol. The molecule has 4 heteroatoms. The van der Waals surface area contributed by atoms with E-state index >= 15 is 0 Å². The Bertz CT molecular complexity index is 375. The molecular weight excluding hydrogens is 264 g/mol. The Kier molecular flexibility index (Phi) is 4.99. The van der Waals surface area contributed by atoms with Crippen LogP contribution >= 0.6 is 0 Å². The van der Waals surface area contributed by atoms with Gasteiger partial charge in [0.1, 0.15) is 5.54 Å². The van der Waals surface area contributed by atoms with Crippen molar-refractivity contribution >= 4 is 5.97 Å². The minimum Gasteiger partial charge on any atom is -0.480 e. The molecule has 2 aliphatic rings. The van der Waals surface area contributed by atoms with E-state index in [1.54, 1.807) is 0 Å². The predicted molar refractivity (Wildman–Crippen MR) is 85.4 cm³/mol. The number of aliphatic carboxylic acids is 1. The van der Waals surface area contributed by atoms with Crippen LogP contribution in [0.3, 0.4) is 0 Å². The van der Waals surface area contributed by atoms with Crippen LogP contribution in [0.2, 0.25) is 0 Å². The molecule has 1 saturated carbocycles. The fraction of sp³-hybridized carbons (Fsp3) is 0.941. The van der Waals surface area contributed by atoms with Gasteiger partial charge in [0, 0.05) is 19.1 Å². The first-order chi connectivity index (χ1) is 9.87. The molecule has 1 heterocycles. The molecule has 1 unspecified atom stereocenters. The maximum atomic E-state index is 12.0. The molecule has 2 N–H and O–H groups in total. The minimum absolute atomic E-state index is 0.200. The van der Waals surface area contributed by atoms with Crippen molar-refractivity contribution in [2.75, 3.05) is 19.6 Å². The Balaban J connectivity index is 2.11. The summed E-state index contributed by atoms with van der Waals surface area (Å²) in [5.41, 5.74) is -0.336. The van der Waals surface area contributed by atoms with Gasteiger partial charge < -0.3 is 10.0 Å². The van der Waals surface area contributed by atoms with Gasteiger partial charge in [-0.3, -0.25) is 10.1 Å². The average Bonchev–Trinajstić information content (AvgIpc) is 3.20. The van der Waals surface area contributed by atoms with E-state index in [0.717, 1.165) is 25.9 Å². The standard InChI is InChI=1S/C17H32N2O2/c1-5-16(6-2)9-10-19(11-16)12-17(15(20)21,14-7-8-14)18-13(3)4/h13-14,18H,5-12H2,1-4H3,(H,20,21). The van der Waals surface area contributed by atoms with Crippen LogP contribution in [0.1, 0.15) is 59.8 Å². The molecule has 4 nitrogen and oxygen atoms in total. The Morgan fingerprint density at radius 1 is 1.38 bits per heavy atom. The zero-order valence-corrected chi connectivity index (χ0v) is 14.1. The van der Waals surface area contributed by atoms with Crippen molar-refractivity contribution in [3.63, 3.8) is 0 Å². The predicted octanol–water partition coefficient (Wildman–Crippen LogP) is 2.73. The van der Waals surface area contributed by atoms with E-state index in [1.807, 2.05) is 13.8 Å². The van der Waals surface area contributed by atoms with Gasteiger partial charge in [-0.05, 0) is 63.8 Å². The smallest absolute Gasteiger partial charge is 0.325 e. The summed E-state index contributed by atoms with van der Waals surface area (Å²) in [5, 5.41) is 13.3. The van der Waals surface area contributed by atoms with E-state index in [2.05, 4.69) is 24.1 Å². The maximum absolute atomic E-state index is 12.0. The molecule has 21 heavy (non-hydrogen) atoms. The highest BCUT2D eigenvalue weighted by molar-refractivity contribution is 5.80. The lowest BCUT2D eigenvalue weighted by molar-refractivity contribution is -0.147. The maximum Gasteiger partial charge on any atom is 0.325 e. The normalized spacial score (nSPS) is 25.2. The number of carbonyl (C=O) groups is 1. The van der Waals surface area contributed by atoms with Crippen molar-refractivity contribution < 1.29 is 9.90 Å². The van der Waals surface area contributed by atoms with Gasteiger partial charge in [0.2, 0.25) is 0 Å². The van der Waals surface area contributed by atoms with Gasteiger partial charge in [-0.1, -0.05) is 13.8 Å². The fourth-order valence-corrected chi connectivity index (χ4v) is 4.03. The molecule has 1 aliphatic heterocycles. The molecule has 122 valence electrons. The number of hydrogen-bond acceptors (Lipinski definition) is 3. The summed E-state index contributed by atoms with van der Waals surface area (Å²) in [7, 11) is 0. The Hall–Kier alpha value is -0.610. The highest BCUT2D eigenvalue weighted by Gasteiger charge is 2.53. The van der Waals surface area contributed by atoms with Gasteiger partial charge in [0.25, 0.3) is 0 Å². The Morgan fingerprint density at radius 2 is 2.00 bits per heavy atom. The topological polar surface area (TPSA) is 52.6 Å². The van der Waals surface area contributed by atoms with Gasteiger partial charge >= 0.3 is 5.97 Å². The third kappa shape index (κ3) is 3.42. The third-order valence-corrected chi connectivity index (χ3v) is 5.69. The van der Waals surface area contributed by atoms with Gasteiger partial charge in [0.15, 0.2) is 0 Å². The first kappa shape index (κ1) is 16.8. The number of carboxylic acids is 1. The van der Waals surface area contributed by atoms with Crippen LogP contribution in [-0.2, 0) is 4.79 Å². The van der Waals surface area contributed by atoms with Crippen molar-refractivity contribution in [2.45, 2.75) is 71.4 Å². The summed E-state index contributed by atoms with van der Waals surface area (Å²) in [4.78, 5) is 14.4. The molecule has 0 radical (unpaired) electrons. The molecule has 0 aromatic rings. The summed E-state index contributed by atoms with van der Waals surface area (Å²) in [6.07, 6.45) is 5.70. The zero-order chi connectivity index (χ0) is 15.7. The lowest BCUT2D eigenvalue weighted by Gasteiger charge is -2.37. The number of nitrogens with one attached hydrogen (secondary N) is 1. The molecular formula is C17H32N2O2. The number of carboxylic acid groups (broad SMARTS) is 1. The van der Waals surface area contributed by atoms with Crippen LogP contribution in [-0.4, -0.2) is 47.2 Å². The minimum atomic E-state index is -0.744. The quantitative estimate of drug-likeness (QED) is 0.723. The van der Waals surface area contributed by atoms with Crippen molar-refractivity contribution in [1.82, 2.24) is 10.2 Å². The first-order valence-electron chi connectivity index (χ1n) is 8.61. The monoisotopic (exact) mass is 296 g/mol. The van der Waals surface area contributed by atoms with Gasteiger partial charge in [-0.25, -0.2) is 0 Å². The van der Waals surface area contributed by atoms with Gasteiger partial charge in [-0.2, -0.15) is 0 Å². The number of rotatable bonds is 8. The molecule has 2 rings (SSSR count). The molecule has 0 bridgehead atoms. The number of likely N-dealkylation sites (tertiary alicyclic amines) is 1. The van der Waals surface area contributed by atoms with Crippen LogP contribution in [0.4, 0.5) is 0 Å². The van der Waals surface area contributed by atoms with Crippen LogP contribution in [0.25, 0.3) is 0 Å². The van der Waals surface area contributed by atoms with Crippen molar-refractivity contribution in [2.24, 2.45) is 11.3 Å². The van der Waals surface area contributed by atoms with E-state index in [4.69, 9.17) is 0 Å². The van der Waals surface area contributed by atoms with Crippen LogP contribution < -0.4 is 5.32 Å². The van der Waals surface area contributed by atoms with E-state index in [-0.39, 0.29) is 6.04 Å². The fourth-order valence-electron chi connectivity index (χ4n) is 4.03. The van der Waals surface area contributed by atoms with E-state index in [1.165, 1.54) is 19.3 Å². The molecule has 0 spiro atoms. The lowest BCUT2D eigenvalue weighted by Crippen LogP contribution is -2.62. The second-order valence-corrected chi connectivity index (χ2v) is 7.52. The SMILES string of the molecule is CCC1(CC)CCN(CC(NC(C)C)(C(=O)O)C2CC2)C1. The van der Waals surface area contributed by atoms with Crippen molar-refractivity contribution in [3.05, 3.63) is 0 Å². The summed E-state index contributed by atoms with van der Waals surface area (Å²) in [6.45, 7) is 11.4. The Labute approximate surface area is 129 Å². The van der Waals surface area contributed by atoms with E-state index < -0.39 is 11.5 Å². The van der Waals surface area contributed by atoms with E-state index in [9.17, 15) is 9.90 Å². The zero-order valence-electron chi connectivity index (χ0n) is 14.1. The summed E-state index contributed by atoms with van der Waals surface area (Å²) in [5.74, 6) is -0.361. The Morgan fingerprint density at radius 3 is 2.38 bits per heavy atom. The van der Waals surface area contributed by atoms with Crippen LogP contribution in [0, 0.1) is 11.3 Å². The van der Waals surface area contributed by atoms with Crippen LogP contribution in [0.15, 0.2) is 0 Å². The van der Waals surface area contributed by atoms with Crippen LogP contribution in [0.5, 0.6) is 0 Å². The summed E-state index contributed by atoms with van der Waals surface area (Å²) >= 11 is 0. The molecule has 0 amide bonds.